The summed E-state index contributed by atoms with van der Waals surface area (Å²) in [5.41, 5.74) is 5.52. The van der Waals surface area contributed by atoms with Crippen molar-refractivity contribution in [3.63, 3.8) is 0 Å². The molecule has 0 bridgehead atoms. The minimum atomic E-state index is -3.75. The van der Waals surface area contributed by atoms with Gasteiger partial charge in [-0.25, -0.2) is 8.42 Å². The van der Waals surface area contributed by atoms with Crippen LogP contribution in [-0.2, 0) is 23.1 Å². The molecule has 5 aromatic rings. The molecule has 2 aromatic carbocycles. The quantitative estimate of drug-likeness (QED) is 0.339. The fourth-order valence-electron chi connectivity index (χ4n) is 3.96. The van der Waals surface area contributed by atoms with Gasteiger partial charge in [-0.05, 0) is 47.0 Å². The lowest BCUT2D eigenvalue weighted by atomic mass is 10.0. The van der Waals surface area contributed by atoms with E-state index in [1.807, 2.05) is 66.7 Å². The molecule has 174 valence electrons. The van der Waals surface area contributed by atoms with Gasteiger partial charge in [-0.3, -0.25) is 15.1 Å². The van der Waals surface area contributed by atoms with Crippen LogP contribution in [0.2, 0.25) is 0 Å². The topological polar surface area (TPSA) is 91.8 Å². The number of H-pyrrole nitrogens is 1. The van der Waals surface area contributed by atoms with Crippen molar-refractivity contribution in [2.24, 2.45) is 0 Å². The maximum atomic E-state index is 13.6. The summed E-state index contributed by atoms with van der Waals surface area (Å²) in [6.45, 7) is 0.466. The summed E-state index contributed by atoms with van der Waals surface area (Å²) in [6.07, 6.45) is 8.26. The molecule has 5 rings (SSSR count). The second-order valence-corrected chi connectivity index (χ2v) is 9.97. The Labute approximate surface area is 204 Å². The Morgan fingerprint density at radius 3 is 2.11 bits per heavy atom. The van der Waals surface area contributed by atoms with E-state index < -0.39 is 10.0 Å². The van der Waals surface area contributed by atoms with E-state index in [1.165, 1.54) is 28.8 Å². The number of sulfonamides is 1. The van der Waals surface area contributed by atoms with Crippen LogP contribution < -0.4 is 0 Å². The third-order valence-electron chi connectivity index (χ3n) is 5.69. The Morgan fingerprint density at radius 2 is 1.37 bits per heavy atom. The van der Waals surface area contributed by atoms with Crippen LogP contribution in [0.25, 0.3) is 22.4 Å². The average molecular weight is 482 g/mol. The Morgan fingerprint density at radius 1 is 0.714 bits per heavy atom. The van der Waals surface area contributed by atoms with Crippen molar-refractivity contribution in [2.45, 2.75) is 18.0 Å². The molecule has 0 aliphatic heterocycles. The highest BCUT2D eigenvalue weighted by molar-refractivity contribution is 7.89. The molecule has 0 spiro atoms. The Bertz CT molecular complexity index is 1510. The van der Waals surface area contributed by atoms with E-state index in [4.69, 9.17) is 0 Å². The largest absolute Gasteiger partial charge is 0.277 e. The standard InChI is InChI=1S/C27H23N5O2S/c33-35(34,25-11-15-29-16-12-25)32(19-21-5-2-1-3-6-21)20-22-7-4-8-24(17-22)27-26(18-30-31-27)23-9-13-28-14-10-23/h1-18H,19-20H2,(H,30,31). The van der Waals surface area contributed by atoms with Crippen LogP contribution in [0.1, 0.15) is 11.1 Å². The molecular formula is C27H23N5O2S. The van der Waals surface area contributed by atoms with Crippen molar-refractivity contribution in [3.8, 4) is 22.4 Å². The minimum Gasteiger partial charge on any atom is -0.277 e. The second kappa shape index (κ2) is 10.0. The SMILES string of the molecule is O=S(=O)(c1ccncc1)N(Cc1ccccc1)Cc1cccc(-c2[nH]ncc2-c2ccncc2)c1. The summed E-state index contributed by atoms with van der Waals surface area (Å²) in [4.78, 5) is 8.27. The van der Waals surface area contributed by atoms with Crippen LogP contribution >= 0.6 is 0 Å². The molecule has 0 amide bonds. The molecule has 35 heavy (non-hydrogen) atoms. The molecule has 0 atom stereocenters. The monoisotopic (exact) mass is 481 g/mol. The summed E-state index contributed by atoms with van der Waals surface area (Å²) in [5, 5.41) is 7.33. The van der Waals surface area contributed by atoms with E-state index in [0.717, 1.165) is 33.5 Å². The summed E-state index contributed by atoms with van der Waals surface area (Å²) >= 11 is 0. The third-order valence-corrected chi connectivity index (χ3v) is 7.50. The van der Waals surface area contributed by atoms with Crippen molar-refractivity contribution in [2.75, 3.05) is 0 Å². The van der Waals surface area contributed by atoms with Gasteiger partial charge >= 0.3 is 0 Å². The second-order valence-electron chi connectivity index (χ2n) is 8.04. The molecular weight excluding hydrogens is 458 g/mol. The molecule has 8 heteroatoms. The van der Waals surface area contributed by atoms with Crippen molar-refractivity contribution >= 4 is 10.0 Å². The first-order valence-electron chi connectivity index (χ1n) is 11.1. The molecule has 7 nitrogen and oxygen atoms in total. The van der Waals surface area contributed by atoms with E-state index in [2.05, 4.69) is 20.2 Å². The van der Waals surface area contributed by atoms with Crippen LogP contribution in [0, 0.1) is 0 Å². The molecule has 3 aromatic heterocycles. The van der Waals surface area contributed by atoms with Gasteiger partial charge in [0.2, 0.25) is 10.0 Å². The van der Waals surface area contributed by atoms with Gasteiger partial charge in [-0.2, -0.15) is 9.40 Å². The lowest BCUT2D eigenvalue weighted by Gasteiger charge is -2.23. The number of nitrogens with zero attached hydrogens (tertiary/aromatic N) is 4. The van der Waals surface area contributed by atoms with E-state index >= 15 is 0 Å². The number of aromatic nitrogens is 4. The van der Waals surface area contributed by atoms with E-state index in [0.29, 0.717) is 0 Å². The minimum absolute atomic E-state index is 0.214. The fourth-order valence-corrected chi connectivity index (χ4v) is 5.36. The van der Waals surface area contributed by atoms with E-state index in [1.54, 1.807) is 18.6 Å². The number of benzene rings is 2. The number of nitrogens with one attached hydrogen (secondary N) is 1. The highest BCUT2D eigenvalue weighted by Crippen LogP contribution is 2.31. The normalized spacial score (nSPS) is 11.6. The highest BCUT2D eigenvalue weighted by atomic mass is 32.2. The van der Waals surface area contributed by atoms with E-state index in [-0.39, 0.29) is 18.0 Å². The van der Waals surface area contributed by atoms with Gasteiger partial charge in [0, 0.05) is 49.0 Å². The Hall–Kier alpha value is -4.14. The first kappa shape index (κ1) is 22.6. The first-order valence-corrected chi connectivity index (χ1v) is 12.5. The maximum Gasteiger partial charge on any atom is 0.243 e. The van der Waals surface area contributed by atoms with Crippen molar-refractivity contribution in [3.05, 3.63) is 121 Å². The van der Waals surface area contributed by atoms with Gasteiger partial charge in [-0.15, -0.1) is 0 Å². The number of hydrogen-bond acceptors (Lipinski definition) is 5. The lowest BCUT2D eigenvalue weighted by molar-refractivity contribution is 0.401. The lowest BCUT2D eigenvalue weighted by Crippen LogP contribution is -2.30. The smallest absolute Gasteiger partial charge is 0.243 e. The average Bonchev–Trinajstić information content (AvgIpc) is 3.40. The fraction of sp³-hybridized carbons (Fsp3) is 0.0741. The number of aromatic amines is 1. The van der Waals surface area contributed by atoms with Gasteiger partial charge < -0.3 is 0 Å². The van der Waals surface area contributed by atoms with Crippen molar-refractivity contribution in [1.82, 2.24) is 24.5 Å². The maximum absolute atomic E-state index is 13.6. The number of rotatable bonds is 8. The van der Waals surface area contributed by atoms with Crippen LogP contribution in [0.4, 0.5) is 0 Å². The van der Waals surface area contributed by atoms with Gasteiger partial charge in [0.1, 0.15) is 0 Å². The first-order chi connectivity index (χ1) is 17.1. The van der Waals surface area contributed by atoms with Crippen LogP contribution in [0.15, 0.2) is 115 Å². The molecule has 0 radical (unpaired) electrons. The van der Waals surface area contributed by atoms with Gasteiger partial charge in [0.15, 0.2) is 0 Å². The molecule has 0 unspecified atom stereocenters. The zero-order valence-corrected chi connectivity index (χ0v) is 19.6. The molecule has 1 N–H and O–H groups in total. The summed E-state index contributed by atoms with van der Waals surface area (Å²) in [7, 11) is -3.75. The van der Waals surface area contributed by atoms with Crippen molar-refractivity contribution < 1.29 is 8.42 Å². The zero-order chi connectivity index (χ0) is 24.1. The van der Waals surface area contributed by atoms with Crippen LogP contribution in [0.3, 0.4) is 0 Å². The van der Waals surface area contributed by atoms with E-state index in [9.17, 15) is 8.42 Å². The predicted octanol–water partition coefficient (Wildman–Crippen LogP) is 4.92. The van der Waals surface area contributed by atoms with Gasteiger partial charge in [0.25, 0.3) is 0 Å². The highest BCUT2D eigenvalue weighted by Gasteiger charge is 2.25. The molecule has 3 heterocycles. The molecule has 0 fully saturated rings. The van der Waals surface area contributed by atoms with Crippen LogP contribution in [0.5, 0.6) is 0 Å². The van der Waals surface area contributed by atoms with Gasteiger partial charge in [-0.1, -0.05) is 48.5 Å². The predicted molar refractivity (Wildman–Crippen MR) is 134 cm³/mol. The summed E-state index contributed by atoms with van der Waals surface area (Å²) < 4.78 is 28.6. The molecule has 0 saturated heterocycles. The zero-order valence-electron chi connectivity index (χ0n) is 18.8. The molecule has 0 aliphatic carbocycles. The Kier molecular flexibility index (Phi) is 6.47. The Balaban J connectivity index is 1.49. The number of hydrogen-bond donors (Lipinski definition) is 1. The van der Waals surface area contributed by atoms with Crippen molar-refractivity contribution in [1.29, 1.82) is 0 Å². The van der Waals surface area contributed by atoms with Gasteiger partial charge in [0.05, 0.1) is 16.8 Å². The van der Waals surface area contributed by atoms with Crippen LogP contribution in [-0.4, -0.2) is 32.9 Å². The molecule has 0 saturated carbocycles. The summed E-state index contributed by atoms with van der Waals surface area (Å²) in [5.74, 6) is 0. The molecule has 0 aliphatic rings. The summed E-state index contributed by atoms with van der Waals surface area (Å²) in [6, 6.07) is 24.4. The third kappa shape index (κ3) is 5.03. The number of pyridine rings is 2.